The molecule has 3 N–H and O–H groups in total. The summed E-state index contributed by atoms with van der Waals surface area (Å²) in [5.41, 5.74) is 4.71. The van der Waals surface area contributed by atoms with E-state index in [1.807, 2.05) is 22.9 Å². The van der Waals surface area contributed by atoms with Crippen molar-refractivity contribution in [3.63, 3.8) is 0 Å². The third-order valence-corrected chi connectivity index (χ3v) is 4.59. The van der Waals surface area contributed by atoms with Crippen molar-refractivity contribution in [1.29, 1.82) is 0 Å². The van der Waals surface area contributed by atoms with E-state index in [1.165, 1.54) is 0 Å². The highest BCUT2D eigenvalue weighted by Gasteiger charge is 2.21. The van der Waals surface area contributed by atoms with E-state index in [2.05, 4.69) is 33.4 Å². The second-order valence-corrected chi connectivity index (χ2v) is 6.39. The van der Waals surface area contributed by atoms with Crippen molar-refractivity contribution in [1.82, 2.24) is 15.2 Å². The minimum absolute atomic E-state index is 0.133. The van der Waals surface area contributed by atoms with Gasteiger partial charge in [0.05, 0.1) is 22.4 Å². The molecule has 2 aromatic rings. The summed E-state index contributed by atoms with van der Waals surface area (Å²) < 4.78 is 2.86. The number of hydrazine groups is 1. The van der Waals surface area contributed by atoms with Crippen molar-refractivity contribution < 1.29 is 0 Å². The number of halogens is 3. The van der Waals surface area contributed by atoms with E-state index in [4.69, 9.17) is 29.0 Å². The van der Waals surface area contributed by atoms with Crippen LogP contribution >= 0.6 is 39.1 Å². The molecule has 0 saturated carbocycles. The smallest absolute Gasteiger partial charge is 0.0712 e. The molecule has 0 saturated heterocycles. The molecule has 0 aliphatic rings. The van der Waals surface area contributed by atoms with E-state index in [1.54, 1.807) is 6.20 Å². The summed E-state index contributed by atoms with van der Waals surface area (Å²) >= 11 is 16.0. The lowest BCUT2D eigenvalue weighted by Crippen LogP contribution is -2.32. The highest BCUT2D eigenvalue weighted by molar-refractivity contribution is 9.10. The van der Waals surface area contributed by atoms with E-state index < -0.39 is 0 Å². The Balaban J connectivity index is 2.35. The first-order valence-electron chi connectivity index (χ1n) is 6.68. The first kappa shape index (κ1) is 16.8. The van der Waals surface area contributed by atoms with Crippen molar-refractivity contribution in [3.05, 3.63) is 50.2 Å². The summed E-state index contributed by atoms with van der Waals surface area (Å²) in [5, 5.41) is 5.65. The van der Waals surface area contributed by atoms with Crippen LogP contribution in [0.15, 0.2) is 28.9 Å². The van der Waals surface area contributed by atoms with Crippen LogP contribution in [-0.4, -0.2) is 9.78 Å². The standard InChI is InChI=1S/C14H17BrCl2N4/c1-2-6-21-14(10(15)8-19-21)13(20-18)7-9-11(16)4-3-5-12(9)17/h3-5,8,13,20H,2,6-7,18H2,1H3. The van der Waals surface area contributed by atoms with Crippen LogP contribution in [0.5, 0.6) is 0 Å². The van der Waals surface area contributed by atoms with Crippen LogP contribution < -0.4 is 11.3 Å². The summed E-state index contributed by atoms with van der Waals surface area (Å²) in [6, 6.07) is 5.35. The van der Waals surface area contributed by atoms with Crippen LogP contribution in [0.1, 0.15) is 30.6 Å². The molecule has 114 valence electrons. The number of rotatable bonds is 6. The van der Waals surface area contributed by atoms with E-state index in [-0.39, 0.29) is 6.04 Å². The molecule has 2 rings (SSSR count). The van der Waals surface area contributed by atoms with E-state index in [9.17, 15) is 0 Å². The van der Waals surface area contributed by atoms with Gasteiger partial charge in [-0.3, -0.25) is 16.0 Å². The number of nitrogens with zero attached hydrogens (tertiary/aromatic N) is 2. The molecule has 0 aliphatic carbocycles. The van der Waals surface area contributed by atoms with Crippen LogP contribution in [0.4, 0.5) is 0 Å². The molecular weight excluding hydrogens is 375 g/mol. The van der Waals surface area contributed by atoms with Gasteiger partial charge in [0.25, 0.3) is 0 Å². The van der Waals surface area contributed by atoms with Crippen LogP contribution in [0.3, 0.4) is 0 Å². The Labute approximate surface area is 142 Å². The quantitative estimate of drug-likeness (QED) is 0.575. The number of hydrogen-bond donors (Lipinski definition) is 2. The van der Waals surface area contributed by atoms with E-state index in [0.717, 1.165) is 28.7 Å². The lowest BCUT2D eigenvalue weighted by atomic mass is 10.0. The number of hydrogen-bond acceptors (Lipinski definition) is 3. The first-order chi connectivity index (χ1) is 10.1. The molecule has 0 bridgehead atoms. The molecular formula is C14H17BrCl2N4. The number of benzene rings is 1. The van der Waals surface area contributed by atoms with Gasteiger partial charge in [0.15, 0.2) is 0 Å². The Bertz CT molecular complexity index is 595. The average Bonchev–Trinajstić information content (AvgIpc) is 2.81. The Kier molecular flexibility index (Phi) is 6.08. The highest BCUT2D eigenvalue weighted by atomic mass is 79.9. The Morgan fingerprint density at radius 2 is 2.05 bits per heavy atom. The van der Waals surface area contributed by atoms with Crippen molar-refractivity contribution >= 4 is 39.1 Å². The van der Waals surface area contributed by atoms with Gasteiger partial charge in [-0.25, -0.2) is 0 Å². The van der Waals surface area contributed by atoms with Gasteiger partial charge in [0.2, 0.25) is 0 Å². The largest absolute Gasteiger partial charge is 0.271 e. The van der Waals surface area contributed by atoms with E-state index >= 15 is 0 Å². The third kappa shape index (κ3) is 3.79. The zero-order valence-electron chi connectivity index (χ0n) is 11.6. The molecule has 1 aromatic heterocycles. The molecule has 7 heteroatoms. The highest BCUT2D eigenvalue weighted by Crippen LogP contribution is 2.31. The summed E-state index contributed by atoms with van der Waals surface area (Å²) in [6.07, 6.45) is 3.36. The van der Waals surface area contributed by atoms with E-state index in [0.29, 0.717) is 16.5 Å². The maximum Gasteiger partial charge on any atom is 0.0712 e. The first-order valence-corrected chi connectivity index (χ1v) is 8.23. The number of aryl methyl sites for hydroxylation is 1. The maximum atomic E-state index is 6.25. The van der Waals surface area contributed by atoms with Crippen molar-refractivity contribution in [2.24, 2.45) is 5.84 Å². The monoisotopic (exact) mass is 390 g/mol. The predicted molar refractivity (Wildman–Crippen MR) is 90.4 cm³/mol. The lowest BCUT2D eigenvalue weighted by molar-refractivity contribution is 0.476. The van der Waals surface area contributed by atoms with Gasteiger partial charge in [-0.2, -0.15) is 5.10 Å². The van der Waals surface area contributed by atoms with Gasteiger partial charge in [-0.1, -0.05) is 36.2 Å². The van der Waals surface area contributed by atoms with Crippen molar-refractivity contribution in [3.8, 4) is 0 Å². The topological polar surface area (TPSA) is 55.9 Å². The summed E-state index contributed by atoms with van der Waals surface area (Å²) in [5.74, 6) is 5.75. The average molecular weight is 392 g/mol. The normalized spacial score (nSPS) is 12.6. The minimum atomic E-state index is -0.133. The van der Waals surface area contributed by atoms with Gasteiger partial charge in [-0.15, -0.1) is 0 Å². The zero-order valence-corrected chi connectivity index (χ0v) is 14.7. The fraction of sp³-hybridized carbons (Fsp3) is 0.357. The molecule has 0 amide bonds. The molecule has 1 atom stereocenters. The Morgan fingerprint density at radius 1 is 1.38 bits per heavy atom. The van der Waals surface area contributed by atoms with Crippen LogP contribution in [0, 0.1) is 0 Å². The molecule has 0 fully saturated rings. The SMILES string of the molecule is CCCn1ncc(Br)c1C(Cc1c(Cl)cccc1Cl)NN. The van der Waals surface area contributed by atoms with Gasteiger partial charge in [-0.05, 0) is 46.5 Å². The third-order valence-electron chi connectivity index (χ3n) is 3.27. The van der Waals surface area contributed by atoms with Crippen LogP contribution in [0.25, 0.3) is 0 Å². The van der Waals surface area contributed by atoms with Gasteiger partial charge in [0, 0.05) is 16.6 Å². The molecule has 0 radical (unpaired) electrons. The van der Waals surface area contributed by atoms with Gasteiger partial charge >= 0.3 is 0 Å². The molecule has 0 aliphatic heterocycles. The summed E-state index contributed by atoms with van der Waals surface area (Å²) in [4.78, 5) is 0. The van der Waals surface area contributed by atoms with Crippen LogP contribution in [-0.2, 0) is 13.0 Å². The second kappa shape index (κ2) is 7.61. The number of nitrogens with one attached hydrogen (secondary N) is 1. The summed E-state index contributed by atoms with van der Waals surface area (Å²) in [6.45, 7) is 2.94. The predicted octanol–water partition coefficient (Wildman–Crippen LogP) is 4.11. The molecule has 1 heterocycles. The lowest BCUT2D eigenvalue weighted by Gasteiger charge is -2.19. The minimum Gasteiger partial charge on any atom is -0.271 e. The zero-order chi connectivity index (χ0) is 15.4. The molecule has 1 aromatic carbocycles. The number of nitrogens with two attached hydrogens (primary N) is 1. The van der Waals surface area contributed by atoms with Crippen molar-refractivity contribution in [2.75, 3.05) is 0 Å². The van der Waals surface area contributed by atoms with Gasteiger partial charge in [0.1, 0.15) is 0 Å². The molecule has 21 heavy (non-hydrogen) atoms. The Hall–Kier alpha value is -0.590. The fourth-order valence-corrected chi connectivity index (χ4v) is 3.40. The molecule has 4 nitrogen and oxygen atoms in total. The second-order valence-electron chi connectivity index (χ2n) is 4.72. The Morgan fingerprint density at radius 3 is 2.62 bits per heavy atom. The fourth-order valence-electron chi connectivity index (χ4n) is 2.27. The number of aromatic nitrogens is 2. The van der Waals surface area contributed by atoms with Gasteiger partial charge < -0.3 is 0 Å². The molecule has 1 unspecified atom stereocenters. The summed E-state index contributed by atoms with van der Waals surface area (Å²) in [7, 11) is 0. The molecule has 0 spiro atoms. The van der Waals surface area contributed by atoms with Crippen molar-refractivity contribution in [2.45, 2.75) is 32.4 Å². The van der Waals surface area contributed by atoms with Crippen LogP contribution in [0.2, 0.25) is 10.0 Å². The maximum absolute atomic E-state index is 6.25.